The standard InChI is InChI=1S/C19H17BrN6O2/c1-28-19(20)9-13(7-8-16(19)27)10-23-25-17-15-11-24-26(18(15)22-12-21-17)14-5-3-2-4-6-14/h2-8,10-12,23H,9H2,1H3,(H,21,22,25)/b13-10-. The van der Waals surface area contributed by atoms with Gasteiger partial charge in [0, 0.05) is 19.7 Å². The number of nitrogens with zero attached hydrogens (tertiary/aromatic N) is 4. The zero-order valence-corrected chi connectivity index (χ0v) is 16.5. The van der Waals surface area contributed by atoms with E-state index >= 15 is 0 Å². The average molecular weight is 441 g/mol. The van der Waals surface area contributed by atoms with Crippen LogP contribution in [0.4, 0.5) is 5.82 Å². The third kappa shape index (κ3) is 3.41. The molecule has 8 nitrogen and oxygen atoms in total. The Hall–Kier alpha value is -3.04. The highest BCUT2D eigenvalue weighted by molar-refractivity contribution is 9.10. The van der Waals surface area contributed by atoms with Gasteiger partial charge in [-0.25, -0.2) is 14.6 Å². The molecule has 3 aromatic rings. The van der Waals surface area contributed by atoms with Gasteiger partial charge in [0.2, 0.25) is 0 Å². The Labute approximate surface area is 169 Å². The number of ether oxygens (including phenoxy) is 1. The molecule has 4 rings (SSSR count). The molecule has 1 atom stereocenters. The van der Waals surface area contributed by atoms with Gasteiger partial charge in [-0.1, -0.05) is 24.3 Å². The van der Waals surface area contributed by atoms with Gasteiger partial charge in [-0.15, -0.1) is 0 Å². The van der Waals surface area contributed by atoms with Crippen LogP contribution >= 0.6 is 15.9 Å². The highest BCUT2D eigenvalue weighted by atomic mass is 79.9. The van der Waals surface area contributed by atoms with Gasteiger partial charge in [-0.3, -0.25) is 10.2 Å². The fourth-order valence-electron chi connectivity index (χ4n) is 2.89. The number of carbonyl (C=O) groups is 1. The summed E-state index contributed by atoms with van der Waals surface area (Å²) in [6.45, 7) is 0. The molecule has 0 amide bonds. The number of hydrazine groups is 1. The van der Waals surface area contributed by atoms with Crippen LogP contribution in [0.5, 0.6) is 0 Å². The second-order valence-electron chi connectivity index (χ2n) is 6.15. The van der Waals surface area contributed by atoms with Crippen molar-refractivity contribution in [1.82, 2.24) is 25.2 Å². The summed E-state index contributed by atoms with van der Waals surface area (Å²) in [6, 6.07) is 9.77. The molecule has 2 N–H and O–H groups in total. The van der Waals surface area contributed by atoms with Crippen molar-refractivity contribution in [3.8, 4) is 5.69 Å². The first-order valence-corrected chi connectivity index (χ1v) is 9.31. The largest absolute Gasteiger partial charge is 0.359 e. The van der Waals surface area contributed by atoms with Crippen molar-refractivity contribution in [2.45, 2.75) is 10.9 Å². The number of anilines is 1. The number of ketones is 1. The van der Waals surface area contributed by atoms with E-state index < -0.39 is 4.51 Å². The molecule has 0 spiro atoms. The first-order chi connectivity index (χ1) is 13.6. The maximum Gasteiger partial charge on any atom is 0.198 e. The normalized spacial score (nSPS) is 20.6. The Bertz CT molecular complexity index is 1080. The zero-order chi connectivity index (χ0) is 19.6. The van der Waals surface area contributed by atoms with Crippen LogP contribution in [0, 0.1) is 0 Å². The maximum atomic E-state index is 11.9. The van der Waals surface area contributed by atoms with Crippen molar-refractivity contribution in [3.63, 3.8) is 0 Å². The molecule has 28 heavy (non-hydrogen) atoms. The number of methoxy groups -OCH3 is 1. The number of alkyl halides is 1. The zero-order valence-electron chi connectivity index (χ0n) is 15.0. The number of nitrogens with one attached hydrogen (secondary N) is 2. The molecule has 0 fully saturated rings. The number of benzene rings is 1. The fourth-order valence-corrected chi connectivity index (χ4v) is 3.34. The van der Waals surface area contributed by atoms with Gasteiger partial charge in [0.25, 0.3) is 0 Å². The van der Waals surface area contributed by atoms with Gasteiger partial charge in [-0.05, 0) is 39.7 Å². The summed E-state index contributed by atoms with van der Waals surface area (Å²) in [6.07, 6.45) is 8.59. The average Bonchev–Trinajstić information content (AvgIpc) is 3.16. The van der Waals surface area contributed by atoms with Crippen LogP contribution in [0.3, 0.4) is 0 Å². The number of rotatable bonds is 5. The van der Waals surface area contributed by atoms with Crippen LogP contribution in [-0.4, -0.2) is 37.2 Å². The van der Waals surface area contributed by atoms with E-state index in [4.69, 9.17) is 4.74 Å². The van der Waals surface area contributed by atoms with Gasteiger partial charge in [0.15, 0.2) is 21.8 Å². The van der Waals surface area contributed by atoms with Gasteiger partial charge in [0.05, 0.1) is 17.3 Å². The number of para-hydroxylation sites is 1. The minimum absolute atomic E-state index is 0.119. The molecule has 0 saturated heterocycles. The molecule has 1 aromatic carbocycles. The predicted octanol–water partition coefficient (Wildman–Crippen LogP) is 2.88. The molecule has 142 valence electrons. The summed E-state index contributed by atoms with van der Waals surface area (Å²) in [5.74, 6) is 0.475. The summed E-state index contributed by atoms with van der Waals surface area (Å²) < 4.78 is 6.02. The molecule has 0 aliphatic heterocycles. The van der Waals surface area contributed by atoms with Crippen molar-refractivity contribution in [2.75, 3.05) is 12.5 Å². The minimum Gasteiger partial charge on any atom is -0.359 e. The summed E-state index contributed by atoms with van der Waals surface area (Å²) in [5.41, 5.74) is 8.56. The molecule has 1 unspecified atom stereocenters. The van der Waals surface area contributed by atoms with E-state index in [1.165, 1.54) is 19.5 Å². The molecule has 1 aliphatic carbocycles. The molecule has 0 saturated carbocycles. The summed E-state index contributed by atoms with van der Waals surface area (Å²) in [4.78, 5) is 20.5. The minimum atomic E-state index is -1.02. The molecule has 1 aliphatic rings. The summed E-state index contributed by atoms with van der Waals surface area (Å²) in [5, 5.41) is 5.20. The smallest absolute Gasteiger partial charge is 0.198 e. The number of allylic oxidation sites excluding steroid dienone is 1. The van der Waals surface area contributed by atoms with Crippen LogP contribution in [0.15, 0.2) is 66.8 Å². The summed E-state index contributed by atoms with van der Waals surface area (Å²) >= 11 is 3.35. The van der Waals surface area contributed by atoms with Gasteiger partial charge in [-0.2, -0.15) is 5.10 Å². The third-order valence-electron chi connectivity index (χ3n) is 4.39. The van der Waals surface area contributed by atoms with E-state index in [0.717, 1.165) is 16.6 Å². The number of fused-ring (bicyclic) bond motifs is 1. The van der Waals surface area contributed by atoms with E-state index in [-0.39, 0.29) is 5.78 Å². The highest BCUT2D eigenvalue weighted by Crippen LogP contribution is 2.32. The molecular formula is C19H17BrN6O2. The topological polar surface area (TPSA) is 94.0 Å². The van der Waals surface area contributed by atoms with E-state index in [1.807, 2.05) is 30.3 Å². The van der Waals surface area contributed by atoms with Crippen LogP contribution in [0.25, 0.3) is 16.7 Å². The van der Waals surface area contributed by atoms with Gasteiger partial charge < -0.3 is 10.2 Å². The van der Waals surface area contributed by atoms with Crippen LogP contribution in [-0.2, 0) is 9.53 Å². The number of halogens is 1. The maximum absolute atomic E-state index is 11.9. The lowest BCUT2D eigenvalue weighted by Gasteiger charge is -2.26. The Morgan fingerprint density at radius 1 is 1.25 bits per heavy atom. The van der Waals surface area contributed by atoms with E-state index in [9.17, 15) is 4.79 Å². The number of carbonyl (C=O) groups excluding carboxylic acids is 1. The molecule has 9 heteroatoms. The number of hydrogen-bond donors (Lipinski definition) is 2. The Balaban J connectivity index is 1.54. The van der Waals surface area contributed by atoms with Crippen molar-refractivity contribution in [1.29, 1.82) is 0 Å². The lowest BCUT2D eigenvalue weighted by molar-refractivity contribution is -0.126. The molecule has 2 heterocycles. The van der Waals surface area contributed by atoms with E-state index in [2.05, 4.69) is 41.8 Å². The second kappa shape index (κ2) is 7.53. The van der Waals surface area contributed by atoms with Crippen LogP contribution < -0.4 is 10.9 Å². The molecule has 2 aromatic heterocycles. The molecule has 0 radical (unpaired) electrons. The second-order valence-corrected chi connectivity index (χ2v) is 7.43. The lowest BCUT2D eigenvalue weighted by atomic mass is 9.99. The Morgan fingerprint density at radius 3 is 2.86 bits per heavy atom. The van der Waals surface area contributed by atoms with Gasteiger partial charge in [0.1, 0.15) is 6.33 Å². The van der Waals surface area contributed by atoms with Crippen LogP contribution in [0.2, 0.25) is 0 Å². The Morgan fingerprint density at radius 2 is 2.07 bits per heavy atom. The van der Waals surface area contributed by atoms with Gasteiger partial charge >= 0.3 is 0 Å². The Kier molecular flexibility index (Phi) is 4.93. The van der Waals surface area contributed by atoms with E-state index in [1.54, 1.807) is 23.2 Å². The fraction of sp³-hybridized carbons (Fsp3) is 0.158. The van der Waals surface area contributed by atoms with E-state index in [0.29, 0.717) is 17.9 Å². The monoisotopic (exact) mass is 440 g/mol. The van der Waals surface area contributed by atoms with Crippen LogP contribution in [0.1, 0.15) is 6.42 Å². The molecular weight excluding hydrogens is 424 g/mol. The quantitative estimate of drug-likeness (QED) is 0.465. The summed E-state index contributed by atoms with van der Waals surface area (Å²) in [7, 11) is 1.50. The predicted molar refractivity (Wildman–Crippen MR) is 109 cm³/mol. The van der Waals surface area contributed by atoms with Crippen molar-refractivity contribution < 1.29 is 9.53 Å². The first-order valence-electron chi connectivity index (χ1n) is 8.52. The van der Waals surface area contributed by atoms with Crippen molar-refractivity contribution in [2.24, 2.45) is 0 Å². The number of aromatic nitrogens is 4. The first kappa shape index (κ1) is 18.3. The highest BCUT2D eigenvalue weighted by Gasteiger charge is 2.36. The lowest BCUT2D eigenvalue weighted by Crippen LogP contribution is -2.35. The third-order valence-corrected chi connectivity index (χ3v) is 5.38. The van der Waals surface area contributed by atoms with Crippen molar-refractivity contribution >= 4 is 38.6 Å². The van der Waals surface area contributed by atoms with Crippen molar-refractivity contribution in [3.05, 3.63) is 66.8 Å². The number of hydrogen-bond acceptors (Lipinski definition) is 7. The SMILES string of the molecule is COC1(Br)C/C(=C\NNc2ncnc3c2cnn3-c2ccccc2)C=CC1=O. The molecule has 0 bridgehead atoms.